The van der Waals surface area contributed by atoms with Crippen molar-refractivity contribution in [2.24, 2.45) is 5.92 Å². The van der Waals surface area contributed by atoms with Gasteiger partial charge in [-0.2, -0.15) is 5.10 Å². The van der Waals surface area contributed by atoms with Crippen LogP contribution in [0.5, 0.6) is 5.88 Å². The fraction of sp³-hybridized carbons (Fsp3) is 0.435. The van der Waals surface area contributed by atoms with E-state index >= 15 is 0 Å². The molecular formula is C23H29N5O3. The summed E-state index contributed by atoms with van der Waals surface area (Å²) < 4.78 is 10.5. The number of pyridine rings is 1. The number of nitrogens with one attached hydrogen (secondary N) is 2. The third-order valence-electron chi connectivity index (χ3n) is 5.92. The van der Waals surface area contributed by atoms with Gasteiger partial charge in [-0.25, -0.2) is 4.98 Å². The maximum atomic E-state index is 12.9. The van der Waals surface area contributed by atoms with Crippen LogP contribution in [-0.2, 0) is 4.74 Å². The summed E-state index contributed by atoms with van der Waals surface area (Å²) in [4.78, 5) is 19.6. The van der Waals surface area contributed by atoms with Gasteiger partial charge in [0.25, 0.3) is 5.91 Å². The molecule has 0 bridgehead atoms. The van der Waals surface area contributed by atoms with Gasteiger partial charge in [-0.05, 0) is 61.7 Å². The number of hydrogen-bond donors (Lipinski definition) is 2. The number of amides is 1. The first-order valence-corrected chi connectivity index (χ1v) is 10.7. The van der Waals surface area contributed by atoms with Crippen molar-refractivity contribution in [3.05, 3.63) is 42.2 Å². The molecule has 8 nitrogen and oxygen atoms in total. The van der Waals surface area contributed by atoms with E-state index in [9.17, 15) is 4.79 Å². The molecule has 0 unspecified atom stereocenters. The van der Waals surface area contributed by atoms with Crippen LogP contribution >= 0.6 is 0 Å². The van der Waals surface area contributed by atoms with Gasteiger partial charge in [0.15, 0.2) is 5.69 Å². The number of methoxy groups -OCH3 is 2. The third kappa shape index (κ3) is 4.86. The number of nitrogens with zero attached hydrogens (tertiary/aromatic N) is 3. The summed E-state index contributed by atoms with van der Waals surface area (Å²) in [6.07, 6.45) is 3.85. The second kappa shape index (κ2) is 9.89. The summed E-state index contributed by atoms with van der Waals surface area (Å²) >= 11 is 0. The Labute approximate surface area is 181 Å². The molecule has 2 N–H and O–H groups in total. The predicted molar refractivity (Wildman–Crippen MR) is 119 cm³/mol. The topological polar surface area (TPSA) is 92.4 Å². The number of carbonyl (C=O) groups is 1. The Hall–Kier alpha value is -2.97. The van der Waals surface area contributed by atoms with Crippen molar-refractivity contribution in [1.29, 1.82) is 0 Å². The summed E-state index contributed by atoms with van der Waals surface area (Å²) in [7, 11) is 3.33. The van der Waals surface area contributed by atoms with Gasteiger partial charge in [-0.1, -0.05) is 6.07 Å². The number of ether oxygens (including phenoxy) is 2. The molecule has 3 aromatic rings. The number of carbonyl (C=O) groups excluding carboxylic acids is 1. The molecule has 1 saturated heterocycles. The van der Waals surface area contributed by atoms with Gasteiger partial charge >= 0.3 is 0 Å². The summed E-state index contributed by atoms with van der Waals surface area (Å²) in [5.41, 5.74) is 3.04. The maximum Gasteiger partial charge on any atom is 0.272 e. The molecule has 1 aliphatic heterocycles. The number of H-pyrrole nitrogens is 1. The Morgan fingerprint density at radius 1 is 1.26 bits per heavy atom. The van der Waals surface area contributed by atoms with E-state index in [4.69, 9.17) is 9.47 Å². The molecule has 1 fully saturated rings. The highest BCUT2D eigenvalue weighted by molar-refractivity contribution is 6.05. The summed E-state index contributed by atoms with van der Waals surface area (Å²) in [6, 6.07) is 9.68. The number of likely N-dealkylation sites (tertiary alicyclic amines) is 1. The lowest BCUT2D eigenvalue weighted by atomic mass is 9.96. The molecule has 3 heterocycles. The summed E-state index contributed by atoms with van der Waals surface area (Å²) in [5, 5.41) is 11.1. The monoisotopic (exact) mass is 423 g/mol. The largest absolute Gasteiger partial charge is 0.481 e. The highest BCUT2D eigenvalue weighted by atomic mass is 16.5. The number of benzene rings is 1. The molecule has 0 aliphatic carbocycles. The van der Waals surface area contributed by atoms with E-state index in [2.05, 4.69) is 25.4 Å². The lowest BCUT2D eigenvalue weighted by Crippen LogP contribution is -2.39. The quantitative estimate of drug-likeness (QED) is 0.579. The van der Waals surface area contributed by atoms with E-state index in [1.165, 1.54) is 0 Å². The average Bonchev–Trinajstić information content (AvgIpc) is 3.25. The Kier molecular flexibility index (Phi) is 6.79. The van der Waals surface area contributed by atoms with Crippen molar-refractivity contribution < 1.29 is 14.3 Å². The van der Waals surface area contributed by atoms with Crippen molar-refractivity contribution >= 4 is 16.8 Å². The van der Waals surface area contributed by atoms with E-state index in [-0.39, 0.29) is 5.91 Å². The smallest absolute Gasteiger partial charge is 0.272 e. The first kappa shape index (κ1) is 21.3. The van der Waals surface area contributed by atoms with Crippen LogP contribution in [0.15, 0.2) is 36.5 Å². The van der Waals surface area contributed by atoms with Gasteiger partial charge < -0.3 is 19.7 Å². The zero-order valence-electron chi connectivity index (χ0n) is 18.1. The van der Waals surface area contributed by atoms with Crippen LogP contribution in [0.1, 0.15) is 23.3 Å². The lowest BCUT2D eigenvalue weighted by molar-refractivity contribution is 0.0922. The molecule has 0 radical (unpaired) electrons. The number of aromatic nitrogens is 3. The normalized spacial score (nSPS) is 15.3. The molecule has 31 heavy (non-hydrogen) atoms. The molecule has 1 aliphatic rings. The van der Waals surface area contributed by atoms with Crippen LogP contribution in [-0.4, -0.2) is 73.0 Å². The molecule has 0 atom stereocenters. The Bertz CT molecular complexity index is 1030. The van der Waals surface area contributed by atoms with Crippen LogP contribution < -0.4 is 10.1 Å². The van der Waals surface area contributed by atoms with Gasteiger partial charge in [0.1, 0.15) is 0 Å². The number of fused-ring (bicyclic) bond motifs is 1. The number of piperidine rings is 1. The average molecular weight is 424 g/mol. The highest BCUT2D eigenvalue weighted by Crippen LogP contribution is 2.30. The van der Waals surface area contributed by atoms with Gasteiger partial charge in [-0.3, -0.25) is 9.89 Å². The zero-order valence-corrected chi connectivity index (χ0v) is 18.1. The fourth-order valence-electron chi connectivity index (χ4n) is 4.08. The van der Waals surface area contributed by atoms with Gasteiger partial charge in [0, 0.05) is 37.3 Å². The third-order valence-corrected chi connectivity index (χ3v) is 5.92. The van der Waals surface area contributed by atoms with E-state index in [0.717, 1.165) is 61.1 Å². The first-order chi connectivity index (χ1) is 15.2. The first-order valence-electron chi connectivity index (χ1n) is 10.7. The minimum Gasteiger partial charge on any atom is -0.481 e. The van der Waals surface area contributed by atoms with Crippen molar-refractivity contribution in [2.45, 2.75) is 12.8 Å². The molecular weight excluding hydrogens is 394 g/mol. The molecule has 0 saturated carbocycles. The van der Waals surface area contributed by atoms with Crippen LogP contribution in [0, 0.1) is 5.92 Å². The minimum absolute atomic E-state index is 0.150. The van der Waals surface area contributed by atoms with E-state index < -0.39 is 0 Å². The van der Waals surface area contributed by atoms with Crippen LogP contribution in [0.25, 0.3) is 22.0 Å². The number of aromatic amines is 1. The molecule has 2 aromatic heterocycles. The van der Waals surface area contributed by atoms with E-state index in [1.54, 1.807) is 20.4 Å². The lowest BCUT2D eigenvalue weighted by Gasteiger charge is -2.31. The van der Waals surface area contributed by atoms with Crippen LogP contribution in [0.2, 0.25) is 0 Å². The van der Waals surface area contributed by atoms with Crippen molar-refractivity contribution in [3.8, 4) is 17.0 Å². The molecule has 164 valence electrons. The molecule has 4 rings (SSSR count). The van der Waals surface area contributed by atoms with Gasteiger partial charge in [0.2, 0.25) is 5.88 Å². The zero-order chi connectivity index (χ0) is 21.6. The van der Waals surface area contributed by atoms with Gasteiger partial charge in [-0.15, -0.1) is 0 Å². The SMILES string of the molecule is COCCN1CCC(CNC(=O)c2n[nH]c3ccc(-c4cccnc4OC)cc23)CC1. The summed E-state index contributed by atoms with van der Waals surface area (Å²) in [6.45, 7) is 4.50. The van der Waals surface area contributed by atoms with Crippen LogP contribution in [0.3, 0.4) is 0 Å². The molecule has 1 amide bonds. The van der Waals surface area contributed by atoms with E-state index in [1.807, 2.05) is 30.3 Å². The van der Waals surface area contributed by atoms with Crippen molar-refractivity contribution in [1.82, 2.24) is 25.4 Å². The Balaban J connectivity index is 1.43. The van der Waals surface area contributed by atoms with Crippen molar-refractivity contribution in [2.75, 3.05) is 47.0 Å². The predicted octanol–water partition coefficient (Wildman–Crippen LogP) is 2.72. The highest BCUT2D eigenvalue weighted by Gasteiger charge is 2.21. The standard InChI is InChI=1S/C23H29N5O3/c1-30-13-12-28-10-7-16(8-11-28)15-25-22(29)21-19-14-17(5-6-20(19)26-27-21)18-4-3-9-24-23(18)31-2/h3-6,9,14,16H,7-8,10-13,15H2,1-2H3,(H,25,29)(H,26,27). The number of rotatable bonds is 8. The fourth-order valence-corrected chi connectivity index (χ4v) is 4.08. The second-order valence-electron chi connectivity index (χ2n) is 7.88. The molecule has 8 heteroatoms. The molecule has 1 aromatic carbocycles. The van der Waals surface area contributed by atoms with Crippen LogP contribution in [0.4, 0.5) is 0 Å². The van der Waals surface area contributed by atoms with Gasteiger partial charge in [0.05, 0.1) is 19.2 Å². The number of hydrogen-bond acceptors (Lipinski definition) is 6. The second-order valence-corrected chi connectivity index (χ2v) is 7.88. The minimum atomic E-state index is -0.150. The van der Waals surface area contributed by atoms with E-state index in [0.29, 0.717) is 24.0 Å². The van der Waals surface area contributed by atoms with Crippen molar-refractivity contribution in [3.63, 3.8) is 0 Å². The maximum absolute atomic E-state index is 12.9. The Morgan fingerprint density at radius 3 is 2.87 bits per heavy atom. The molecule has 0 spiro atoms. The Morgan fingerprint density at radius 2 is 2.10 bits per heavy atom. The summed E-state index contributed by atoms with van der Waals surface area (Å²) in [5.74, 6) is 0.889.